The Hall–Kier alpha value is -3.08. The number of halogens is 1. The predicted molar refractivity (Wildman–Crippen MR) is 115 cm³/mol. The van der Waals surface area contributed by atoms with Crippen molar-refractivity contribution in [3.05, 3.63) is 50.7 Å². The molecule has 0 amide bonds. The maximum absolute atomic E-state index is 12.3. The molecule has 0 saturated heterocycles. The first kappa shape index (κ1) is 20.2. The number of rotatable bonds is 5. The molecule has 2 aromatic rings. The summed E-state index contributed by atoms with van der Waals surface area (Å²) in [5, 5.41) is 0. The van der Waals surface area contributed by atoms with Crippen LogP contribution in [0.15, 0.2) is 41.0 Å². The summed E-state index contributed by atoms with van der Waals surface area (Å²) in [5.41, 5.74) is 1.40. The van der Waals surface area contributed by atoms with Crippen molar-refractivity contribution in [2.24, 2.45) is 4.99 Å². The van der Waals surface area contributed by atoms with Crippen LogP contribution in [0.4, 0.5) is 0 Å². The topological polar surface area (TPSA) is 92.7 Å². The third-order valence-electron chi connectivity index (χ3n) is 4.12. The molecule has 0 aromatic heterocycles. The molecule has 0 N–H and O–H groups in total. The maximum atomic E-state index is 12.3. The summed E-state index contributed by atoms with van der Waals surface area (Å²) in [7, 11) is 0. The van der Waals surface area contributed by atoms with Crippen molar-refractivity contribution in [1.82, 2.24) is 0 Å². The second-order valence-electron chi connectivity index (χ2n) is 6.26. The van der Waals surface area contributed by atoms with Crippen LogP contribution in [0.1, 0.15) is 25.0 Å². The van der Waals surface area contributed by atoms with E-state index in [2.05, 4.69) is 4.99 Å². The fourth-order valence-electron chi connectivity index (χ4n) is 2.90. The molecule has 0 radical (unpaired) electrons. The van der Waals surface area contributed by atoms with Crippen LogP contribution in [0.2, 0.25) is 0 Å². The lowest BCUT2D eigenvalue weighted by atomic mass is 10.1. The van der Waals surface area contributed by atoms with Crippen molar-refractivity contribution < 1.29 is 33.3 Å². The molecule has 0 unspecified atom stereocenters. The molecule has 9 heteroatoms. The number of aliphatic imine (C=N–C) groups is 1. The molecule has 154 valence electrons. The van der Waals surface area contributed by atoms with E-state index >= 15 is 0 Å². The van der Waals surface area contributed by atoms with Crippen LogP contribution >= 0.6 is 22.6 Å². The molecular weight excluding hydrogens is 505 g/mol. The summed E-state index contributed by atoms with van der Waals surface area (Å²) in [5.74, 6) is 1.10. The smallest absolute Gasteiger partial charge is 0.363 e. The highest BCUT2D eigenvalue weighted by Gasteiger charge is 2.26. The van der Waals surface area contributed by atoms with E-state index in [0.717, 1.165) is 0 Å². The number of esters is 2. The van der Waals surface area contributed by atoms with Crippen molar-refractivity contribution in [3.8, 4) is 23.0 Å². The largest absolute Gasteiger partial charge is 0.490 e. The van der Waals surface area contributed by atoms with Gasteiger partial charge in [-0.1, -0.05) is 0 Å². The van der Waals surface area contributed by atoms with Gasteiger partial charge in [0.1, 0.15) is 0 Å². The summed E-state index contributed by atoms with van der Waals surface area (Å²) in [6.45, 7) is 3.69. The molecular formula is C21H16INO7. The second kappa shape index (κ2) is 8.34. The molecule has 2 aromatic carbocycles. The fourth-order valence-corrected chi connectivity index (χ4v) is 3.63. The Morgan fingerprint density at radius 2 is 2.03 bits per heavy atom. The zero-order chi connectivity index (χ0) is 21.3. The maximum Gasteiger partial charge on any atom is 0.363 e. The first-order valence-electron chi connectivity index (χ1n) is 9.02. The van der Waals surface area contributed by atoms with Gasteiger partial charge in [0.15, 0.2) is 28.7 Å². The Morgan fingerprint density at radius 1 is 1.23 bits per heavy atom. The van der Waals surface area contributed by atoms with E-state index in [-0.39, 0.29) is 18.4 Å². The minimum absolute atomic E-state index is 0.140. The molecule has 0 atom stereocenters. The van der Waals surface area contributed by atoms with Gasteiger partial charge in [0.2, 0.25) is 12.7 Å². The number of hydrogen-bond donors (Lipinski definition) is 0. The molecule has 0 aliphatic carbocycles. The van der Waals surface area contributed by atoms with E-state index in [1.165, 1.54) is 6.92 Å². The number of benzene rings is 2. The van der Waals surface area contributed by atoms with Gasteiger partial charge in [-0.25, -0.2) is 9.79 Å². The molecule has 0 spiro atoms. The van der Waals surface area contributed by atoms with E-state index < -0.39 is 11.9 Å². The van der Waals surface area contributed by atoms with Crippen molar-refractivity contribution in [2.75, 3.05) is 13.4 Å². The first-order chi connectivity index (χ1) is 14.4. The summed E-state index contributed by atoms with van der Waals surface area (Å²) in [4.78, 5) is 28.0. The number of carbonyl (C=O) groups excluding carboxylic acids is 2. The Balaban J connectivity index is 1.67. The van der Waals surface area contributed by atoms with Crippen LogP contribution in [-0.2, 0) is 14.3 Å². The van der Waals surface area contributed by atoms with Crippen molar-refractivity contribution in [2.45, 2.75) is 13.8 Å². The van der Waals surface area contributed by atoms with Gasteiger partial charge >= 0.3 is 11.9 Å². The molecule has 2 aliphatic rings. The van der Waals surface area contributed by atoms with Gasteiger partial charge < -0.3 is 23.7 Å². The summed E-state index contributed by atoms with van der Waals surface area (Å²) in [6.07, 6.45) is 1.59. The van der Waals surface area contributed by atoms with Crippen molar-refractivity contribution in [3.63, 3.8) is 0 Å². The highest BCUT2D eigenvalue weighted by molar-refractivity contribution is 14.1. The highest BCUT2D eigenvalue weighted by atomic mass is 127. The Bertz CT molecular complexity index is 1110. The van der Waals surface area contributed by atoms with E-state index in [1.807, 2.05) is 29.5 Å². The van der Waals surface area contributed by atoms with Crippen LogP contribution < -0.4 is 18.9 Å². The minimum atomic E-state index is -0.570. The number of fused-ring (bicyclic) bond motifs is 1. The van der Waals surface area contributed by atoms with Gasteiger partial charge in [-0.3, -0.25) is 4.79 Å². The first-order valence-corrected chi connectivity index (χ1v) is 10.1. The van der Waals surface area contributed by atoms with Crippen LogP contribution in [-0.4, -0.2) is 31.2 Å². The van der Waals surface area contributed by atoms with Gasteiger partial charge in [-0.05, 0) is 71.5 Å². The minimum Gasteiger partial charge on any atom is -0.490 e. The number of ether oxygens (including phenoxy) is 5. The van der Waals surface area contributed by atoms with Crippen LogP contribution in [0.5, 0.6) is 23.0 Å². The molecule has 0 bridgehead atoms. The lowest BCUT2D eigenvalue weighted by Crippen LogP contribution is -2.06. The standard InChI is InChI=1S/C21H16INO7/c1-3-26-18-8-12(6-14(22)19(18)29-11(2)24)7-15-21(25)30-20(23-15)13-4-5-16-17(9-13)28-10-27-16/h4-9H,3,10H2,1-2H3. The van der Waals surface area contributed by atoms with E-state index in [0.29, 0.717) is 44.3 Å². The normalized spacial score (nSPS) is 15.8. The monoisotopic (exact) mass is 521 g/mol. The number of nitrogens with zero attached hydrogens (tertiary/aromatic N) is 1. The Morgan fingerprint density at radius 3 is 2.80 bits per heavy atom. The Labute approximate surface area is 185 Å². The van der Waals surface area contributed by atoms with Crippen molar-refractivity contribution >= 4 is 46.5 Å². The molecule has 2 heterocycles. The highest BCUT2D eigenvalue weighted by Crippen LogP contribution is 2.36. The molecule has 4 rings (SSSR count). The predicted octanol–water partition coefficient (Wildman–Crippen LogP) is 3.69. The molecule has 0 saturated carbocycles. The lowest BCUT2D eigenvalue weighted by molar-refractivity contribution is -0.132. The Kier molecular flexibility index (Phi) is 5.62. The summed E-state index contributed by atoms with van der Waals surface area (Å²) in [6, 6.07) is 8.63. The zero-order valence-corrected chi connectivity index (χ0v) is 18.2. The molecule has 30 heavy (non-hydrogen) atoms. The van der Waals surface area contributed by atoms with E-state index in [4.69, 9.17) is 23.7 Å². The average Bonchev–Trinajstić information content (AvgIpc) is 3.30. The fraction of sp³-hybridized carbons (Fsp3) is 0.190. The number of cyclic esters (lactones) is 1. The average molecular weight is 521 g/mol. The van der Waals surface area contributed by atoms with E-state index in [9.17, 15) is 9.59 Å². The van der Waals surface area contributed by atoms with Gasteiger partial charge in [-0.15, -0.1) is 0 Å². The SMILES string of the molecule is CCOc1cc(C=C2N=C(c3ccc4c(c3)OCO4)OC2=O)cc(I)c1OC(C)=O. The van der Waals surface area contributed by atoms with Crippen LogP contribution in [0.3, 0.4) is 0 Å². The van der Waals surface area contributed by atoms with E-state index in [1.54, 1.807) is 36.4 Å². The second-order valence-corrected chi connectivity index (χ2v) is 7.42. The molecule has 0 fully saturated rings. The zero-order valence-electron chi connectivity index (χ0n) is 16.1. The van der Waals surface area contributed by atoms with Crippen LogP contribution in [0.25, 0.3) is 6.08 Å². The molecule has 8 nitrogen and oxygen atoms in total. The number of hydrogen-bond acceptors (Lipinski definition) is 8. The van der Waals surface area contributed by atoms with Gasteiger partial charge in [0.05, 0.1) is 10.2 Å². The molecule has 2 aliphatic heterocycles. The summed E-state index contributed by atoms with van der Waals surface area (Å²) < 4.78 is 27.5. The van der Waals surface area contributed by atoms with Crippen LogP contribution in [0, 0.1) is 3.57 Å². The van der Waals surface area contributed by atoms with Crippen molar-refractivity contribution in [1.29, 1.82) is 0 Å². The number of carbonyl (C=O) groups is 2. The third-order valence-corrected chi connectivity index (χ3v) is 4.92. The van der Waals surface area contributed by atoms with Gasteiger partial charge in [0, 0.05) is 12.5 Å². The summed E-state index contributed by atoms with van der Waals surface area (Å²) >= 11 is 2.04. The van der Waals surface area contributed by atoms with Gasteiger partial charge in [0.25, 0.3) is 0 Å². The third kappa shape index (κ3) is 4.11. The quantitative estimate of drug-likeness (QED) is 0.257. The lowest BCUT2D eigenvalue weighted by Gasteiger charge is -2.12. The van der Waals surface area contributed by atoms with Gasteiger partial charge in [-0.2, -0.15) is 0 Å².